The summed E-state index contributed by atoms with van der Waals surface area (Å²) in [5.41, 5.74) is 12.8. The number of nitrogen functional groups attached to an aromatic ring is 1. The van der Waals surface area contributed by atoms with Crippen molar-refractivity contribution in [1.29, 1.82) is 0 Å². The van der Waals surface area contributed by atoms with Crippen molar-refractivity contribution in [1.82, 2.24) is 29.6 Å². The minimum atomic E-state index is 0.363. The minimum absolute atomic E-state index is 0.363. The first kappa shape index (κ1) is 26.3. The number of rotatable bonds is 7. The number of nitrogens with zero attached hydrogens (tertiary/aromatic N) is 7. The average Bonchev–Trinajstić information content (AvgIpc) is 3.52. The zero-order valence-electron chi connectivity index (χ0n) is 24.5. The van der Waals surface area contributed by atoms with E-state index in [9.17, 15) is 0 Å². The van der Waals surface area contributed by atoms with Crippen LogP contribution in [0.1, 0.15) is 18.7 Å². The predicted molar refractivity (Wildman–Crippen MR) is 164 cm³/mol. The summed E-state index contributed by atoms with van der Waals surface area (Å²) in [6.45, 7) is 4.13. The number of hydrogen-bond donors (Lipinski definition) is 2. The van der Waals surface area contributed by atoms with Crippen molar-refractivity contribution in [3.63, 3.8) is 0 Å². The van der Waals surface area contributed by atoms with E-state index in [1.54, 1.807) is 20.2 Å². The second kappa shape index (κ2) is 9.73. The molecule has 1 saturated heterocycles. The van der Waals surface area contributed by atoms with E-state index in [1.807, 2.05) is 31.3 Å². The van der Waals surface area contributed by atoms with Gasteiger partial charge in [0.05, 0.1) is 35.4 Å². The van der Waals surface area contributed by atoms with Crippen molar-refractivity contribution >= 4 is 33.9 Å². The van der Waals surface area contributed by atoms with Crippen LogP contribution in [0.25, 0.3) is 33.6 Å². The zero-order valence-corrected chi connectivity index (χ0v) is 24.5. The SMILES string of the molecule is COc1cc(N(C)C2CC3(C2)CN(C)C3)c(N)cc1Nc1ncc(-c2nnc(C)o2)c(-c2cn(C)c3ccccc23)n1. The standard InChI is InChI=1S/C31H35N9O2/c1-18-36-37-29(42-18)21-14-33-30(35-28(21)22-15-39(3)25-9-7-6-8-20(22)25)34-24-10-23(32)26(11-27(24)41-5)40(4)19-12-31(13-19)16-38(2)17-31/h6-11,14-15,19H,12-13,16-17,32H2,1-5H3,(H,33,34,35). The third-order valence-corrected chi connectivity index (χ3v) is 8.77. The first-order chi connectivity index (χ1) is 20.2. The van der Waals surface area contributed by atoms with Gasteiger partial charge in [-0.3, -0.25) is 0 Å². The minimum Gasteiger partial charge on any atom is -0.494 e. The molecule has 4 heterocycles. The highest BCUT2D eigenvalue weighted by molar-refractivity contribution is 5.98. The van der Waals surface area contributed by atoms with Crippen molar-refractivity contribution in [2.24, 2.45) is 12.5 Å². The van der Waals surface area contributed by atoms with E-state index in [4.69, 9.17) is 19.9 Å². The molecule has 1 aliphatic carbocycles. The number of aryl methyl sites for hydroxylation is 2. The van der Waals surface area contributed by atoms with Gasteiger partial charge in [-0.1, -0.05) is 18.2 Å². The van der Waals surface area contributed by atoms with E-state index in [0.717, 1.165) is 22.2 Å². The fourth-order valence-electron chi connectivity index (χ4n) is 6.79. The Hall–Kier alpha value is -4.64. The maximum atomic E-state index is 6.62. The Morgan fingerprint density at radius 1 is 1.12 bits per heavy atom. The van der Waals surface area contributed by atoms with Gasteiger partial charge in [-0.25, -0.2) is 9.97 Å². The van der Waals surface area contributed by atoms with Crippen LogP contribution in [0.15, 0.2) is 53.2 Å². The average molecular weight is 566 g/mol. The highest BCUT2D eigenvalue weighted by atomic mass is 16.5. The highest BCUT2D eigenvalue weighted by Crippen LogP contribution is 2.51. The lowest BCUT2D eigenvalue weighted by atomic mass is 9.60. The quantitative estimate of drug-likeness (QED) is 0.265. The third kappa shape index (κ3) is 4.32. The molecule has 0 bridgehead atoms. The van der Waals surface area contributed by atoms with Gasteiger partial charge in [0.25, 0.3) is 5.89 Å². The lowest BCUT2D eigenvalue weighted by molar-refractivity contribution is -0.0568. The highest BCUT2D eigenvalue weighted by Gasteiger charge is 2.52. The molecule has 2 fully saturated rings. The molecule has 1 spiro atoms. The summed E-state index contributed by atoms with van der Waals surface area (Å²) in [4.78, 5) is 14.3. The maximum absolute atomic E-state index is 6.62. The summed E-state index contributed by atoms with van der Waals surface area (Å²) in [7, 11) is 7.98. The van der Waals surface area contributed by atoms with Crippen molar-refractivity contribution in [3.05, 3.63) is 54.7 Å². The molecule has 216 valence electrons. The summed E-state index contributed by atoms with van der Waals surface area (Å²) in [6.07, 6.45) is 6.14. The molecule has 0 radical (unpaired) electrons. The Morgan fingerprint density at radius 2 is 1.90 bits per heavy atom. The van der Waals surface area contributed by atoms with Crippen molar-refractivity contribution in [2.45, 2.75) is 25.8 Å². The molecule has 0 unspecified atom stereocenters. The van der Waals surface area contributed by atoms with Crippen LogP contribution >= 0.6 is 0 Å². The smallest absolute Gasteiger partial charge is 0.251 e. The van der Waals surface area contributed by atoms with E-state index in [-0.39, 0.29) is 0 Å². The molecule has 2 aliphatic rings. The molecular formula is C31H35N9O2. The number of nitrogens with two attached hydrogens (primary N) is 1. The molecule has 3 aromatic heterocycles. The van der Waals surface area contributed by atoms with Gasteiger partial charge in [-0.15, -0.1) is 10.2 Å². The summed E-state index contributed by atoms with van der Waals surface area (Å²) < 4.78 is 13.7. The number of likely N-dealkylation sites (tertiary alicyclic amines) is 1. The van der Waals surface area contributed by atoms with Crippen LogP contribution in [0.5, 0.6) is 5.75 Å². The second-order valence-corrected chi connectivity index (χ2v) is 11.8. The van der Waals surface area contributed by atoms with Gasteiger partial charge in [0.15, 0.2) is 0 Å². The van der Waals surface area contributed by atoms with Crippen molar-refractivity contribution in [3.8, 4) is 28.5 Å². The maximum Gasteiger partial charge on any atom is 0.251 e. The molecule has 2 aromatic carbocycles. The number of benzene rings is 2. The lowest BCUT2D eigenvalue weighted by Gasteiger charge is -2.60. The van der Waals surface area contributed by atoms with E-state index in [1.165, 1.54) is 25.9 Å². The summed E-state index contributed by atoms with van der Waals surface area (Å²) in [6, 6.07) is 12.6. The fourth-order valence-corrected chi connectivity index (χ4v) is 6.79. The molecule has 11 nitrogen and oxygen atoms in total. The molecule has 5 aromatic rings. The largest absolute Gasteiger partial charge is 0.494 e. The fraction of sp³-hybridized carbons (Fsp3) is 0.355. The third-order valence-electron chi connectivity index (χ3n) is 8.77. The Morgan fingerprint density at radius 3 is 2.62 bits per heavy atom. The Bertz CT molecular complexity index is 1800. The number of aromatic nitrogens is 5. The van der Waals surface area contributed by atoms with Crippen molar-refractivity contribution < 1.29 is 9.15 Å². The molecule has 3 N–H and O–H groups in total. The van der Waals surface area contributed by atoms with Gasteiger partial charge >= 0.3 is 0 Å². The van der Waals surface area contributed by atoms with Gasteiger partial charge in [0, 0.05) is 75.1 Å². The molecule has 1 aliphatic heterocycles. The Labute approximate surface area is 244 Å². The van der Waals surface area contributed by atoms with Gasteiger partial charge in [-0.2, -0.15) is 0 Å². The molecule has 0 amide bonds. The molecule has 11 heteroatoms. The second-order valence-electron chi connectivity index (χ2n) is 11.8. The molecule has 7 rings (SSSR count). The summed E-state index contributed by atoms with van der Waals surface area (Å²) in [5.74, 6) is 1.89. The number of fused-ring (bicyclic) bond motifs is 1. The number of nitrogens with one attached hydrogen (secondary N) is 1. The summed E-state index contributed by atoms with van der Waals surface area (Å²) in [5, 5.41) is 12.7. The van der Waals surface area contributed by atoms with Crippen LogP contribution in [0, 0.1) is 12.3 Å². The van der Waals surface area contributed by atoms with Crippen LogP contribution in [0.4, 0.5) is 23.0 Å². The molecule has 42 heavy (non-hydrogen) atoms. The first-order valence-corrected chi connectivity index (χ1v) is 14.1. The lowest BCUT2D eigenvalue weighted by Crippen LogP contribution is -2.65. The first-order valence-electron chi connectivity index (χ1n) is 14.1. The monoisotopic (exact) mass is 565 g/mol. The predicted octanol–water partition coefficient (Wildman–Crippen LogP) is 4.86. The van der Waals surface area contributed by atoms with Crippen LogP contribution in [-0.2, 0) is 7.05 Å². The van der Waals surface area contributed by atoms with Crippen LogP contribution in [0.2, 0.25) is 0 Å². The number of anilines is 4. The topological polar surface area (TPSA) is 123 Å². The normalized spacial score (nSPS) is 16.4. The zero-order chi connectivity index (χ0) is 29.2. The van der Waals surface area contributed by atoms with E-state index in [2.05, 4.69) is 67.3 Å². The number of methoxy groups -OCH3 is 1. The Balaban J connectivity index is 1.23. The van der Waals surface area contributed by atoms with E-state index in [0.29, 0.717) is 57.6 Å². The van der Waals surface area contributed by atoms with E-state index >= 15 is 0 Å². The van der Waals surface area contributed by atoms with Gasteiger partial charge in [0.1, 0.15) is 5.75 Å². The summed E-state index contributed by atoms with van der Waals surface area (Å²) >= 11 is 0. The molecule has 1 saturated carbocycles. The van der Waals surface area contributed by atoms with Crippen molar-refractivity contribution in [2.75, 3.05) is 50.2 Å². The van der Waals surface area contributed by atoms with E-state index < -0.39 is 0 Å². The van der Waals surface area contributed by atoms with Crippen LogP contribution < -0.4 is 20.7 Å². The molecular weight excluding hydrogens is 530 g/mol. The Kier molecular flexibility index (Phi) is 6.09. The number of hydrogen-bond acceptors (Lipinski definition) is 10. The van der Waals surface area contributed by atoms with Gasteiger partial charge in [-0.05, 0) is 37.4 Å². The van der Waals surface area contributed by atoms with Gasteiger partial charge < -0.3 is 34.6 Å². The number of para-hydroxylation sites is 1. The van der Waals surface area contributed by atoms with Crippen LogP contribution in [0.3, 0.4) is 0 Å². The number of ether oxygens (including phenoxy) is 1. The van der Waals surface area contributed by atoms with Crippen LogP contribution in [-0.4, -0.2) is 70.0 Å². The van der Waals surface area contributed by atoms with Gasteiger partial charge in [0.2, 0.25) is 11.8 Å². The molecule has 0 atom stereocenters.